The van der Waals surface area contributed by atoms with Crippen LogP contribution in [0.15, 0.2) is 71.8 Å². The van der Waals surface area contributed by atoms with Crippen molar-refractivity contribution in [3.8, 4) is 5.69 Å². The van der Waals surface area contributed by atoms with Gasteiger partial charge in [-0.15, -0.1) is 0 Å². The number of carbonyl (C=O) groups excluding carboxylic acids is 1. The molecule has 0 aliphatic rings. The van der Waals surface area contributed by atoms with E-state index in [-0.39, 0.29) is 10.8 Å². The summed E-state index contributed by atoms with van der Waals surface area (Å²) in [6.45, 7) is 0. The first-order valence-corrected chi connectivity index (χ1v) is 9.05. The zero-order chi connectivity index (χ0) is 17.2. The Labute approximate surface area is 139 Å². The van der Waals surface area contributed by atoms with E-state index in [1.165, 1.54) is 23.0 Å². The van der Waals surface area contributed by atoms with Crippen LogP contribution in [0.3, 0.4) is 0 Å². The minimum Gasteiger partial charge on any atom is -0.321 e. The van der Waals surface area contributed by atoms with Gasteiger partial charge in [-0.2, -0.15) is 5.10 Å². The van der Waals surface area contributed by atoms with Crippen molar-refractivity contribution in [2.45, 2.75) is 4.90 Å². The number of carbonyl (C=O) groups is 1. The number of benzene rings is 2. The van der Waals surface area contributed by atoms with Crippen LogP contribution in [0.25, 0.3) is 5.69 Å². The molecule has 122 valence electrons. The molecule has 6 nitrogen and oxygen atoms in total. The fraction of sp³-hybridized carbons (Fsp3) is 0.0588. The van der Waals surface area contributed by atoms with E-state index < -0.39 is 9.84 Å². The molecule has 0 saturated carbocycles. The minimum absolute atomic E-state index is 0.216. The van der Waals surface area contributed by atoms with Crippen molar-refractivity contribution in [3.05, 3.63) is 72.6 Å². The van der Waals surface area contributed by atoms with Gasteiger partial charge in [0.2, 0.25) is 0 Å². The third-order valence-corrected chi connectivity index (χ3v) is 4.54. The van der Waals surface area contributed by atoms with E-state index in [4.69, 9.17) is 0 Å². The van der Waals surface area contributed by atoms with Crippen molar-refractivity contribution < 1.29 is 13.2 Å². The van der Waals surface area contributed by atoms with Crippen LogP contribution in [0, 0.1) is 0 Å². The molecule has 0 fully saturated rings. The maximum Gasteiger partial charge on any atom is 0.274 e. The van der Waals surface area contributed by atoms with Gasteiger partial charge in [0.1, 0.15) is 5.69 Å². The molecule has 1 N–H and O–H groups in total. The van der Waals surface area contributed by atoms with Crippen LogP contribution in [-0.4, -0.2) is 30.4 Å². The predicted octanol–water partition coefficient (Wildman–Crippen LogP) is 2.53. The number of anilines is 1. The molecule has 0 bridgehead atoms. The van der Waals surface area contributed by atoms with Crippen LogP contribution in [0.5, 0.6) is 0 Å². The highest BCUT2D eigenvalue weighted by Gasteiger charge is 2.14. The number of rotatable bonds is 4. The molecule has 0 unspecified atom stereocenters. The summed E-state index contributed by atoms with van der Waals surface area (Å²) in [4.78, 5) is 12.6. The van der Waals surface area contributed by atoms with Gasteiger partial charge >= 0.3 is 0 Å². The molecular formula is C17H15N3O3S. The fourth-order valence-corrected chi connectivity index (χ4v) is 2.86. The molecule has 1 amide bonds. The van der Waals surface area contributed by atoms with E-state index in [0.717, 1.165) is 6.26 Å². The van der Waals surface area contributed by atoms with Gasteiger partial charge in [-0.3, -0.25) is 4.79 Å². The number of amides is 1. The summed E-state index contributed by atoms with van der Waals surface area (Å²) in [5.41, 5.74) is 1.64. The van der Waals surface area contributed by atoms with Gasteiger partial charge in [0.05, 0.1) is 16.8 Å². The molecule has 7 heteroatoms. The predicted molar refractivity (Wildman–Crippen MR) is 91.1 cm³/mol. The first-order chi connectivity index (χ1) is 11.4. The average Bonchev–Trinajstić information content (AvgIpc) is 3.05. The Morgan fingerprint density at radius 1 is 1.00 bits per heavy atom. The number of hydrogen-bond donors (Lipinski definition) is 1. The first-order valence-electron chi connectivity index (χ1n) is 7.16. The van der Waals surface area contributed by atoms with E-state index >= 15 is 0 Å². The Kier molecular flexibility index (Phi) is 4.18. The third kappa shape index (κ3) is 3.36. The van der Waals surface area contributed by atoms with Gasteiger partial charge in [-0.25, -0.2) is 13.1 Å². The van der Waals surface area contributed by atoms with E-state index in [1.807, 2.05) is 18.2 Å². The van der Waals surface area contributed by atoms with Crippen molar-refractivity contribution in [2.75, 3.05) is 11.6 Å². The molecule has 0 atom stereocenters. The number of nitrogens with zero attached hydrogens (tertiary/aromatic N) is 2. The number of para-hydroxylation sites is 1. The Bertz CT molecular complexity index is 962. The van der Waals surface area contributed by atoms with Crippen LogP contribution >= 0.6 is 0 Å². The summed E-state index contributed by atoms with van der Waals surface area (Å²) < 4.78 is 24.5. The Hall–Kier alpha value is -2.93. The smallest absolute Gasteiger partial charge is 0.274 e. The van der Waals surface area contributed by atoms with Crippen LogP contribution in [-0.2, 0) is 9.84 Å². The normalized spacial score (nSPS) is 11.2. The van der Waals surface area contributed by atoms with Crippen molar-refractivity contribution in [1.29, 1.82) is 0 Å². The largest absolute Gasteiger partial charge is 0.321 e. The zero-order valence-electron chi connectivity index (χ0n) is 12.9. The van der Waals surface area contributed by atoms with Gasteiger partial charge in [-0.1, -0.05) is 18.2 Å². The van der Waals surface area contributed by atoms with Gasteiger partial charge in [0.15, 0.2) is 9.84 Å². The van der Waals surface area contributed by atoms with Crippen molar-refractivity contribution in [2.24, 2.45) is 0 Å². The molecule has 0 saturated heterocycles. The number of nitrogens with one attached hydrogen (secondary N) is 1. The topological polar surface area (TPSA) is 81.1 Å². The lowest BCUT2D eigenvalue weighted by Gasteiger charge is -2.09. The van der Waals surface area contributed by atoms with Crippen LogP contribution in [0.4, 0.5) is 5.69 Å². The lowest BCUT2D eigenvalue weighted by Crippen LogP contribution is -2.17. The molecule has 24 heavy (non-hydrogen) atoms. The summed E-state index contributed by atoms with van der Waals surface area (Å²) >= 11 is 0. The van der Waals surface area contributed by atoms with Crippen molar-refractivity contribution in [1.82, 2.24) is 9.78 Å². The molecule has 1 aromatic heterocycles. The minimum atomic E-state index is -3.26. The fourth-order valence-electron chi connectivity index (χ4n) is 2.23. The van der Waals surface area contributed by atoms with E-state index in [9.17, 15) is 13.2 Å². The highest BCUT2D eigenvalue weighted by molar-refractivity contribution is 7.90. The van der Waals surface area contributed by atoms with Crippen LogP contribution < -0.4 is 5.32 Å². The Balaban J connectivity index is 1.89. The molecule has 1 heterocycles. The molecule has 0 radical (unpaired) electrons. The maximum absolute atomic E-state index is 12.4. The molecule has 3 rings (SSSR count). The zero-order valence-corrected chi connectivity index (χ0v) is 13.7. The SMILES string of the molecule is CS(=O)(=O)c1ccc(-n2nccc2C(=O)Nc2ccccc2)cc1. The highest BCUT2D eigenvalue weighted by atomic mass is 32.2. The highest BCUT2D eigenvalue weighted by Crippen LogP contribution is 2.16. The lowest BCUT2D eigenvalue weighted by molar-refractivity contribution is 0.101. The first kappa shape index (κ1) is 15.9. The number of hydrogen-bond acceptors (Lipinski definition) is 4. The standard InChI is InChI=1S/C17H15N3O3S/c1-24(22,23)15-9-7-14(8-10-15)20-16(11-12-18-20)17(21)19-13-5-3-2-4-6-13/h2-12H,1H3,(H,19,21). The van der Waals surface area contributed by atoms with Crippen molar-refractivity contribution in [3.63, 3.8) is 0 Å². The van der Waals surface area contributed by atoms with Crippen molar-refractivity contribution >= 4 is 21.4 Å². The summed E-state index contributed by atoms with van der Waals surface area (Å²) in [6, 6.07) is 16.9. The molecular weight excluding hydrogens is 326 g/mol. The Morgan fingerprint density at radius 3 is 2.29 bits per heavy atom. The Morgan fingerprint density at radius 2 is 1.67 bits per heavy atom. The van der Waals surface area contributed by atoms with Gasteiger partial charge < -0.3 is 5.32 Å². The lowest BCUT2D eigenvalue weighted by atomic mass is 10.3. The summed E-state index contributed by atoms with van der Waals surface area (Å²) in [7, 11) is -3.26. The monoisotopic (exact) mass is 341 g/mol. The summed E-state index contributed by atoms with van der Waals surface area (Å²) in [5.74, 6) is -0.300. The third-order valence-electron chi connectivity index (χ3n) is 3.42. The molecule has 0 aliphatic carbocycles. The molecule has 0 spiro atoms. The number of aromatic nitrogens is 2. The maximum atomic E-state index is 12.4. The molecule has 0 aliphatic heterocycles. The molecule has 3 aromatic rings. The second-order valence-electron chi connectivity index (χ2n) is 5.21. The van der Waals surface area contributed by atoms with E-state index in [1.54, 1.807) is 30.3 Å². The average molecular weight is 341 g/mol. The second kappa shape index (κ2) is 6.29. The number of sulfone groups is 1. The summed E-state index contributed by atoms with van der Waals surface area (Å²) in [5, 5.41) is 6.94. The quantitative estimate of drug-likeness (QED) is 0.791. The summed E-state index contributed by atoms with van der Waals surface area (Å²) in [6.07, 6.45) is 2.67. The van der Waals surface area contributed by atoms with Gasteiger partial charge in [0, 0.05) is 11.9 Å². The van der Waals surface area contributed by atoms with Crippen LogP contribution in [0.2, 0.25) is 0 Å². The van der Waals surface area contributed by atoms with Gasteiger partial charge in [0.25, 0.3) is 5.91 Å². The molecule has 2 aromatic carbocycles. The van der Waals surface area contributed by atoms with Gasteiger partial charge in [-0.05, 0) is 42.5 Å². The van der Waals surface area contributed by atoms with E-state index in [2.05, 4.69) is 10.4 Å². The van der Waals surface area contributed by atoms with E-state index in [0.29, 0.717) is 17.1 Å². The second-order valence-corrected chi connectivity index (χ2v) is 7.23. The van der Waals surface area contributed by atoms with Crippen LogP contribution in [0.1, 0.15) is 10.5 Å².